The number of aromatic nitrogens is 2. The number of carbonyl (C=O) groups is 1. The van der Waals surface area contributed by atoms with Crippen molar-refractivity contribution in [3.05, 3.63) is 10.7 Å². The zero-order chi connectivity index (χ0) is 13.8. The topological polar surface area (TPSA) is 105 Å². The summed E-state index contributed by atoms with van der Waals surface area (Å²) in [5, 5.41) is 2.62. The fourth-order valence-electron chi connectivity index (χ4n) is 1.87. The minimum atomic E-state index is -0.421. The van der Waals surface area contributed by atoms with Crippen molar-refractivity contribution in [1.82, 2.24) is 15.3 Å². The Kier molecular flexibility index (Phi) is 4.51. The molecule has 104 valence electrons. The summed E-state index contributed by atoms with van der Waals surface area (Å²) < 4.78 is 6.05. The molecule has 2 heterocycles. The normalized spacial score (nSPS) is 19.1. The molecule has 1 saturated heterocycles. The molecular weight excluding hydrogens is 316 g/mol. The Hall–Kier alpha value is -1.45. The van der Waals surface area contributed by atoms with Crippen LogP contribution in [0.25, 0.3) is 0 Å². The number of halogens is 1. The van der Waals surface area contributed by atoms with Gasteiger partial charge in [0.05, 0.1) is 17.7 Å². The van der Waals surface area contributed by atoms with Crippen molar-refractivity contribution in [3.63, 3.8) is 0 Å². The van der Waals surface area contributed by atoms with Crippen molar-refractivity contribution >= 4 is 33.6 Å². The van der Waals surface area contributed by atoms with E-state index in [0.29, 0.717) is 36.0 Å². The maximum absolute atomic E-state index is 11.9. The lowest BCUT2D eigenvalue weighted by molar-refractivity contribution is -0.124. The molecule has 1 aromatic heterocycles. The van der Waals surface area contributed by atoms with Crippen LogP contribution in [0.3, 0.4) is 0 Å². The van der Waals surface area contributed by atoms with Crippen LogP contribution in [0.4, 0.5) is 11.8 Å². The van der Waals surface area contributed by atoms with E-state index in [-0.39, 0.29) is 5.91 Å². The molecule has 0 saturated carbocycles. The molecule has 1 aliphatic heterocycles. The quantitative estimate of drug-likeness (QED) is 0.505. The number of nitrogens with two attached hydrogens (primary N) is 1. The smallest absolute Gasteiger partial charge is 0.244 e. The molecule has 0 spiro atoms. The van der Waals surface area contributed by atoms with E-state index in [4.69, 9.17) is 10.6 Å². The van der Waals surface area contributed by atoms with E-state index in [1.807, 2.05) is 4.90 Å². The highest BCUT2D eigenvalue weighted by Gasteiger charge is 2.31. The Bertz CT molecular complexity index is 471. The van der Waals surface area contributed by atoms with E-state index >= 15 is 0 Å². The van der Waals surface area contributed by atoms with Gasteiger partial charge in [0.25, 0.3) is 0 Å². The summed E-state index contributed by atoms with van der Waals surface area (Å²) in [6, 6.07) is -0.421. The number of ether oxygens (including phenoxy) is 1. The number of anilines is 2. The largest absolute Gasteiger partial charge is 0.377 e. The van der Waals surface area contributed by atoms with Gasteiger partial charge in [-0.15, -0.1) is 0 Å². The lowest BCUT2D eigenvalue weighted by Gasteiger charge is -2.35. The highest BCUT2D eigenvalue weighted by molar-refractivity contribution is 9.10. The highest BCUT2D eigenvalue weighted by Crippen LogP contribution is 2.27. The van der Waals surface area contributed by atoms with Crippen LogP contribution in [0.1, 0.15) is 0 Å². The van der Waals surface area contributed by atoms with E-state index in [0.717, 1.165) is 0 Å². The second kappa shape index (κ2) is 6.13. The summed E-state index contributed by atoms with van der Waals surface area (Å²) in [6.45, 7) is 1.43. The fraction of sp³-hybridized carbons (Fsp3) is 0.500. The lowest BCUT2D eigenvalue weighted by Crippen LogP contribution is -2.53. The van der Waals surface area contributed by atoms with Crippen LogP contribution in [-0.2, 0) is 9.53 Å². The van der Waals surface area contributed by atoms with Gasteiger partial charge in [-0.1, -0.05) is 0 Å². The number of carbonyl (C=O) groups excluding carboxylic acids is 1. The monoisotopic (exact) mass is 330 g/mol. The van der Waals surface area contributed by atoms with Crippen molar-refractivity contribution in [3.8, 4) is 0 Å². The van der Waals surface area contributed by atoms with Gasteiger partial charge in [-0.2, -0.15) is 4.98 Å². The molecule has 1 amide bonds. The molecule has 1 aliphatic rings. The summed E-state index contributed by atoms with van der Waals surface area (Å²) >= 11 is 3.39. The molecule has 4 N–H and O–H groups in total. The average Bonchev–Trinajstić information content (AvgIpc) is 2.47. The van der Waals surface area contributed by atoms with E-state index in [1.165, 1.54) is 0 Å². The third kappa shape index (κ3) is 2.94. The Morgan fingerprint density at radius 3 is 3.16 bits per heavy atom. The van der Waals surface area contributed by atoms with E-state index in [1.54, 1.807) is 13.2 Å². The van der Waals surface area contributed by atoms with Gasteiger partial charge in [-0.05, 0) is 15.9 Å². The van der Waals surface area contributed by atoms with Gasteiger partial charge in [0, 0.05) is 19.8 Å². The fourth-order valence-corrected chi connectivity index (χ4v) is 2.29. The van der Waals surface area contributed by atoms with Crippen LogP contribution >= 0.6 is 15.9 Å². The molecule has 0 aromatic carbocycles. The second-order valence-electron chi connectivity index (χ2n) is 3.91. The number of hydrazine groups is 1. The number of likely N-dealkylation sites (N-methyl/N-ethyl adjacent to an activating group) is 1. The molecule has 0 bridgehead atoms. The maximum atomic E-state index is 11.9. The average molecular weight is 331 g/mol. The highest BCUT2D eigenvalue weighted by atomic mass is 79.9. The minimum absolute atomic E-state index is 0.118. The van der Waals surface area contributed by atoms with Crippen molar-refractivity contribution < 1.29 is 9.53 Å². The van der Waals surface area contributed by atoms with E-state index in [2.05, 4.69) is 36.6 Å². The Morgan fingerprint density at radius 2 is 2.47 bits per heavy atom. The van der Waals surface area contributed by atoms with Crippen LogP contribution in [-0.4, -0.2) is 48.7 Å². The molecule has 2 rings (SSSR count). The number of rotatable bonds is 3. The van der Waals surface area contributed by atoms with Crippen LogP contribution in [0.15, 0.2) is 10.7 Å². The Balaban J connectivity index is 2.34. The molecule has 1 aromatic rings. The van der Waals surface area contributed by atoms with E-state index in [9.17, 15) is 4.79 Å². The van der Waals surface area contributed by atoms with Gasteiger partial charge >= 0.3 is 0 Å². The van der Waals surface area contributed by atoms with Crippen LogP contribution in [0, 0.1) is 0 Å². The molecule has 19 heavy (non-hydrogen) atoms. The molecule has 1 unspecified atom stereocenters. The summed E-state index contributed by atoms with van der Waals surface area (Å²) in [6.07, 6.45) is 1.59. The number of nitrogens with zero attached hydrogens (tertiary/aromatic N) is 3. The zero-order valence-corrected chi connectivity index (χ0v) is 12.0. The van der Waals surface area contributed by atoms with Gasteiger partial charge in [-0.3, -0.25) is 10.2 Å². The predicted octanol–water partition coefficient (Wildman–Crippen LogP) is -0.524. The maximum Gasteiger partial charge on any atom is 0.244 e. The Labute approximate surface area is 118 Å². The van der Waals surface area contributed by atoms with Crippen molar-refractivity contribution in [2.75, 3.05) is 37.1 Å². The van der Waals surface area contributed by atoms with Crippen molar-refractivity contribution in [1.29, 1.82) is 0 Å². The first-order chi connectivity index (χ1) is 9.17. The molecule has 0 aliphatic carbocycles. The van der Waals surface area contributed by atoms with Gasteiger partial charge < -0.3 is 15.0 Å². The van der Waals surface area contributed by atoms with Gasteiger partial charge in [0.15, 0.2) is 0 Å². The standard InChI is InChI=1S/C10H15BrN6O2/c1-13-9(18)7-5-19-3-2-17(7)8-6(11)4-14-10(15-8)16-12/h4,7H,2-3,5,12H2,1H3,(H,13,18)(H,14,15,16). The van der Waals surface area contributed by atoms with Crippen LogP contribution in [0.2, 0.25) is 0 Å². The first-order valence-corrected chi connectivity index (χ1v) is 6.51. The van der Waals surface area contributed by atoms with Gasteiger partial charge in [-0.25, -0.2) is 10.8 Å². The van der Waals surface area contributed by atoms with Crippen molar-refractivity contribution in [2.24, 2.45) is 5.84 Å². The minimum Gasteiger partial charge on any atom is -0.377 e. The zero-order valence-electron chi connectivity index (χ0n) is 10.4. The lowest BCUT2D eigenvalue weighted by atomic mass is 10.2. The number of nitrogens with one attached hydrogen (secondary N) is 2. The first kappa shape index (κ1) is 14.0. The molecule has 8 nitrogen and oxygen atoms in total. The number of hydrogen-bond donors (Lipinski definition) is 3. The number of hydrogen-bond acceptors (Lipinski definition) is 7. The van der Waals surface area contributed by atoms with Gasteiger partial charge in [0.1, 0.15) is 11.9 Å². The first-order valence-electron chi connectivity index (χ1n) is 5.72. The number of morpholine rings is 1. The molecule has 1 atom stereocenters. The summed E-state index contributed by atoms with van der Waals surface area (Å²) in [5.41, 5.74) is 2.39. The predicted molar refractivity (Wildman–Crippen MR) is 73.6 cm³/mol. The van der Waals surface area contributed by atoms with Gasteiger partial charge in [0.2, 0.25) is 11.9 Å². The number of nitrogen functional groups attached to an aromatic ring is 1. The molecule has 1 fully saturated rings. The number of amides is 1. The molecule has 0 radical (unpaired) electrons. The summed E-state index contributed by atoms with van der Waals surface area (Å²) in [4.78, 5) is 22.0. The molecule has 9 heteroatoms. The van der Waals surface area contributed by atoms with Crippen LogP contribution in [0.5, 0.6) is 0 Å². The third-order valence-electron chi connectivity index (χ3n) is 2.80. The van der Waals surface area contributed by atoms with Crippen molar-refractivity contribution in [2.45, 2.75) is 6.04 Å². The summed E-state index contributed by atoms with van der Waals surface area (Å²) in [7, 11) is 1.59. The van der Waals surface area contributed by atoms with E-state index < -0.39 is 6.04 Å². The SMILES string of the molecule is CNC(=O)C1COCCN1c1nc(NN)ncc1Br. The summed E-state index contributed by atoms with van der Waals surface area (Å²) in [5.74, 6) is 6.09. The molecular formula is C10H15BrN6O2. The Morgan fingerprint density at radius 1 is 1.68 bits per heavy atom. The second-order valence-corrected chi connectivity index (χ2v) is 4.76. The third-order valence-corrected chi connectivity index (χ3v) is 3.36. The van der Waals surface area contributed by atoms with Crippen LogP contribution < -0.4 is 21.5 Å².